The Morgan fingerprint density at radius 2 is 0.667 bits per heavy atom. The molecule has 7 aromatic carbocycles. The molecule has 0 radical (unpaired) electrons. The van der Waals surface area contributed by atoms with Crippen LogP contribution in [0, 0.1) is 13.8 Å². The number of hydrogen-bond donors (Lipinski definition) is 0. The summed E-state index contributed by atoms with van der Waals surface area (Å²) in [5.41, 5.74) is 23.4. The Kier molecular flexibility index (Phi) is 12.3. The fourth-order valence-corrected chi connectivity index (χ4v) is 9.11. The molecule has 3 heterocycles. The molecule has 3 aromatic heterocycles. The molecule has 0 saturated heterocycles. The molecular formula is C63H51N3. The van der Waals surface area contributed by atoms with E-state index in [1.807, 2.05) is 12.1 Å². The van der Waals surface area contributed by atoms with Gasteiger partial charge in [-0.15, -0.1) is 0 Å². The zero-order chi connectivity index (χ0) is 44.7. The summed E-state index contributed by atoms with van der Waals surface area (Å²) in [6.07, 6.45) is 9.83. The SMILES string of the molecule is Cc1cc(-c2ccccc2)ncc1CCc1cc(CCc2cnc(-c3ccccc3)cc2C)cc(-c2ccccc2-c2cnc(-c3ccccc3)cc2-c2ccc(-c3ccccc3)cc2)c1. The highest BCUT2D eigenvalue weighted by Crippen LogP contribution is 2.41. The van der Waals surface area contributed by atoms with Gasteiger partial charge >= 0.3 is 0 Å². The van der Waals surface area contributed by atoms with Crippen LogP contribution in [-0.4, -0.2) is 15.0 Å². The molecule has 3 heteroatoms. The maximum atomic E-state index is 5.13. The maximum Gasteiger partial charge on any atom is 0.0708 e. The quantitative estimate of drug-likeness (QED) is 0.116. The minimum Gasteiger partial charge on any atom is -0.256 e. The van der Waals surface area contributed by atoms with E-state index in [0.29, 0.717) is 0 Å². The van der Waals surface area contributed by atoms with E-state index in [1.165, 1.54) is 55.6 Å². The third-order valence-electron chi connectivity index (χ3n) is 12.8. The molecule has 10 aromatic rings. The average molecular weight is 850 g/mol. The molecule has 0 saturated carbocycles. The average Bonchev–Trinajstić information content (AvgIpc) is 3.39. The summed E-state index contributed by atoms with van der Waals surface area (Å²) < 4.78 is 0. The van der Waals surface area contributed by atoms with Crippen LogP contribution in [0.1, 0.15) is 33.4 Å². The van der Waals surface area contributed by atoms with E-state index in [-0.39, 0.29) is 0 Å². The molecule has 66 heavy (non-hydrogen) atoms. The van der Waals surface area contributed by atoms with Gasteiger partial charge in [-0.25, -0.2) is 0 Å². The molecule has 10 rings (SSSR count). The Morgan fingerprint density at radius 3 is 1.15 bits per heavy atom. The minimum atomic E-state index is 0.898. The van der Waals surface area contributed by atoms with E-state index in [9.17, 15) is 0 Å². The number of aryl methyl sites for hydroxylation is 6. The summed E-state index contributed by atoms with van der Waals surface area (Å²) in [6, 6.07) is 73.7. The van der Waals surface area contributed by atoms with E-state index in [2.05, 4.69) is 227 Å². The number of aromatic nitrogens is 3. The summed E-state index contributed by atoms with van der Waals surface area (Å²) in [5, 5.41) is 0. The van der Waals surface area contributed by atoms with Crippen LogP contribution in [0.5, 0.6) is 0 Å². The van der Waals surface area contributed by atoms with E-state index in [1.54, 1.807) is 0 Å². The largest absolute Gasteiger partial charge is 0.256 e. The first-order valence-electron chi connectivity index (χ1n) is 23.0. The second-order valence-electron chi connectivity index (χ2n) is 17.2. The predicted octanol–water partition coefficient (Wildman–Crippen LogP) is 15.7. The van der Waals surface area contributed by atoms with Crippen molar-refractivity contribution >= 4 is 0 Å². The Bertz CT molecular complexity index is 3120. The van der Waals surface area contributed by atoms with Gasteiger partial charge in [-0.1, -0.05) is 188 Å². The third kappa shape index (κ3) is 9.43. The Labute approximate surface area is 389 Å². The number of rotatable bonds is 13. The Balaban J connectivity index is 1.03. The molecule has 0 aliphatic rings. The van der Waals surface area contributed by atoms with Crippen LogP contribution in [0.15, 0.2) is 225 Å². The van der Waals surface area contributed by atoms with Crippen molar-refractivity contribution in [2.24, 2.45) is 0 Å². The summed E-state index contributed by atoms with van der Waals surface area (Å²) >= 11 is 0. The second kappa shape index (κ2) is 19.4. The molecule has 0 amide bonds. The molecule has 0 N–H and O–H groups in total. The monoisotopic (exact) mass is 849 g/mol. The number of benzene rings is 7. The predicted molar refractivity (Wildman–Crippen MR) is 275 cm³/mol. The minimum absolute atomic E-state index is 0.898. The lowest BCUT2D eigenvalue weighted by molar-refractivity contribution is 0.913. The molecule has 318 valence electrons. The molecule has 3 nitrogen and oxygen atoms in total. The first kappa shape index (κ1) is 42.0. The van der Waals surface area contributed by atoms with Gasteiger partial charge in [-0.2, -0.15) is 0 Å². The van der Waals surface area contributed by atoms with Gasteiger partial charge in [0, 0.05) is 40.8 Å². The fourth-order valence-electron chi connectivity index (χ4n) is 9.11. The van der Waals surface area contributed by atoms with E-state index in [0.717, 1.165) is 81.7 Å². The van der Waals surface area contributed by atoms with Crippen LogP contribution in [0.25, 0.3) is 78.3 Å². The third-order valence-corrected chi connectivity index (χ3v) is 12.8. The molecule has 0 aliphatic carbocycles. The van der Waals surface area contributed by atoms with Crippen LogP contribution >= 0.6 is 0 Å². The van der Waals surface area contributed by atoms with Gasteiger partial charge in [-0.3, -0.25) is 15.0 Å². The van der Waals surface area contributed by atoms with Crippen LogP contribution in [-0.2, 0) is 25.7 Å². The molecule has 0 unspecified atom stereocenters. The Hall–Kier alpha value is -8.01. The summed E-state index contributed by atoms with van der Waals surface area (Å²) in [4.78, 5) is 15.0. The molecular weight excluding hydrogens is 799 g/mol. The highest BCUT2D eigenvalue weighted by atomic mass is 14.7. The molecule has 0 fully saturated rings. The topological polar surface area (TPSA) is 38.7 Å². The van der Waals surface area contributed by atoms with Crippen molar-refractivity contribution in [3.63, 3.8) is 0 Å². The molecule has 0 spiro atoms. The van der Waals surface area contributed by atoms with Gasteiger partial charge in [0.2, 0.25) is 0 Å². The van der Waals surface area contributed by atoms with Crippen molar-refractivity contribution in [1.82, 2.24) is 15.0 Å². The van der Waals surface area contributed by atoms with Crippen molar-refractivity contribution in [2.75, 3.05) is 0 Å². The van der Waals surface area contributed by atoms with Gasteiger partial charge in [0.05, 0.1) is 17.1 Å². The van der Waals surface area contributed by atoms with Crippen molar-refractivity contribution in [1.29, 1.82) is 0 Å². The summed E-state index contributed by atoms with van der Waals surface area (Å²) in [7, 11) is 0. The Morgan fingerprint density at radius 1 is 0.273 bits per heavy atom. The smallest absolute Gasteiger partial charge is 0.0708 e. The first-order valence-corrected chi connectivity index (χ1v) is 23.0. The van der Waals surface area contributed by atoms with Gasteiger partial charge in [0.1, 0.15) is 0 Å². The molecule has 0 atom stereocenters. The first-order chi connectivity index (χ1) is 32.5. The van der Waals surface area contributed by atoms with E-state index >= 15 is 0 Å². The van der Waals surface area contributed by atoms with E-state index < -0.39 is 0 Å². The fraction of sp³-hybridized carbons (Fsp3) is 0.0952. The normalized spacial score (nSPS) is 11.1. The zero-order valence-corrected chi connectivity index (χ0v) is 37.5. The number of nitrogens with zero attached hydrogens (tertiary/aromatic N) is 3. The van der Waals surface area contributed by atoms with Crippen LogP contribution < -0.4 is 0 Å². The number of hydrogen-bond acceptors (Lipinski definition) is 3. The molecule has 0 aliphatic heterocycles. The van der Waals surface area contributed by atoms with Crippen LogP contribution in [0.2, 0.25) is 0 Å². The zero-order valence-electron chi connectivity index (χ0n) is 37.5. The van der Waals surface area contributed by atoms with Gasteiger partial charge in [-0.05, 0) is 130 Å². The van der Waals surface area contributed by atoms with Gasteiger partial charge < -0.3 is 0 Å². The standard InChI is InChI=1S/C63H51N3/c1-44-35-61(51-19-9-4-10-20-51)64-41-54(44)29-27-46-37-47(28-30-55-42-65-62(36-45(55)2)52-21-11-5-12-22-52)39-56(38-46)57-25-15-16-26-58(57)60-43-66-63(53-23-13-6-14-24-53)40-59(60)50-33-31-49(32-34-50)48-17-7-3-8-18-48/h3-26,31-43H,27-30H2,1-2H3. The maximum absolute atomic E-state index is 5.13. The van der Waals surface area contributed by atoms with E-state index in [4.69, 9.17) is 15.0 Å². The second-order valence-corrected chi connectivity index (χ2v) is 17.2. The highest BCUT2D eigenvalue weighted by molar-refractivity contribution is 5.93. The number of pyridine rings is 3. The molecule has 0 bridgehead atoms. The van der Waals surface area contributed by atoms with Gasteiger partial charge in [0.15, 0.2) is 0 Å². The van der Waals surface area contributed by atoms with Crippen LogP contribution in [0.4, 0.5) is 0 Å². The summed E-state index contributed by atoms with van der Waals surface area (Å²) in [5.74, 6) is 0. The van der Waals surface area contributed by atoms with Crippen LogP contribution in [0.3, 0.4) is 0 Å². The van der Waals surface area contributed by atoms with Crippen molar-refractivity contribution < 1.29 is 0 Å². The van der Waals surface area contributed by atoms with Crippen molar-refractivity contribution in [3.8, 4) is 78.3 Å². The van der Waals surface area contributed by atoms with Crippen molar-refractivity contribution in [3.05, 3.63) is 258 Å². The highest BCUT2D eigenvalue weighted by Gasteiger charge is 2.17. The lowest BCUT2D eigenvalue weighted by Crippen LogP contribution is -2.01. The lowest BCUT2D eigenvalue weighted by atomic mass is 9.87. The van der Waals surface area contributed by atoms with Gasteiger partial charge in [0.25, 0.3) is 0 Å². The van der Waals surface area contributed by atoms with Crippen molar-refractivity contribution in [2.45, 2.75) is 39.5 Å². The summed E-state index contributed by atoms with van der Waals surface area (Å²) in [6.45, 7) is 4.43. The lowest BCUT2D eigenvalue weighted by Gasteiger charge is -2.18.